The molecule has 4 rings (SSSR count). The van der Waals surface area contributed by atoms with Crippen molar-refractivity contribution in [1.82, 2.24) is 5.32 Å². The van der Waals surface area contributed by atoms with Gasteiger partial charge in [-0.15, -0.1) is 0 Å². The summed E-state index contributed by atoms with van der Waals surface area (Å²) >= 11 is 0. The Morgan fingerprint density at radius 1 is 0.955 bits per heavy atom. The van der Waals surface area contributed by atoms with Crippen LogP contribution in [0.3, 0.4) is 0 Å². The average Bonchev–Trinajstić information content (AvgIpc) is 3.24. The lowest BCUT2D eigenvalue weighted by Crippen LogP contribution is -2.47. The third-order valence-electron chi connectivity index (χ3n) is 7.31. The van der Waals surface area contributed by atoms with E-state index >= 15 is 0 Å². The first kappa shape index (κ1) is 14.5. The molecule has 22 heavy (non-hydrogen) atoms. The average molecular weight is 305 g/mol. The molecule has 0 heterocycles. The predicted molar refractivity (Wildman–Crippen MR) is 82.0 cm³/mol. The lowest BCUT2D eigenvalue weighted by Gasteiger charge is -2.32. The quantitative estimate of drug-likeness (QED) is 0.839. The maximum absolute atomic E-state index is 12.7. The van der Waals surface area contributed by atoms with E-state index in [9.17, 15) is 14.7 Å². The minimum absolute atomic E-state index is 0.0230. The third-order valence-corrected chi connectivity index (χ3v) is 7.31. The van der Waals surface area contributed by atoms with Crippen molar-refractivity contribution < 1.29 is 14.7 Å². The van der Waals surface area contributed by atoms with Gasteiger partial charge in [0.1, 0.15) is 0 Å². The summed E-state index contributed by atoms with van der Waals surface area (Å²) in [4.78, 5) is 24.3. The molecule has 0 aromatic carbocycles. The van der Waals surface area contributed by atoms with Crippen LogP contribution >= 0.6 is 0 Å². The second-order valence-corrected chi connectivity index (χ2v) is 8.36. The summed E-state index contributed by atoms with van der Waals surface area (Å²) in [7, 11) is 0. The second-order valence-electron chi connectivity index (χ2n) is 8.36. The van der Waals surface area contributed by atoms with E-state index in [0.29, 0.717) is 11.8 Å². The van der Waals surface area contributed by atoms with Crippen LogP contribution < -0.4 is 5.32 Å². The SMILES string of the molecule is C[C@H](NC(=O)[C@H]1[C@@H]2CC[C@@H](C2)[C@@H]1C(=O)O)[C@@H]1C[C@@H]2CC[C@@H]1C2. The summed E-state index contributed by atoms with van der Waals surface area (Å²) in [5, 5.41) is 12.7. The molecular formula is C18H27NO3. The highest BCUT2D eigenvalue weighted by Crippen LogP contribution is 2.53. The largest absolute Gasteiger partial charge is 0.481 e. The van der Waals surface area contributed by atoms with E-state index in [2.05, 4.69) is 12.2 Å². The lowest BCUT2D eigenvalue weighted by molar-refractivity contribution is -0.149. The number of aliphatic carboxylic acids is 1. The first-order chi connectivity index (χ1) is 10.5. The van der Waals surface area contributed by atoms with Crippen molar-refractivity contribution in [3.8, 4) is 0 Å². The third kappa shape index (κ3) is 2.17. The zero-order chi connectivity index (χ0) is 15.4. The Kier molecular flexibility index (Phi) is 3.46. The van der Waals surface area contributed by atoms with Crippen LogP contribution in [0, 0.1) is 41.4 Å². The lowest BCUT2D eigenvalue weighted by atomic mass is 9.78. The van der Waals surface area contributed by atoms with E-state index in [1.54, 1.807) is 0 Å². The minimum atomic E-state index is -0.764. The predicted octanol–water partition coefficient (Wildman–Crippen LogP) is 2.67. The molecule has 4 bridgehead atoms. The number of hydrogen-bond acceptors (Lipinski definition) is 2. The number of hydrogen-bond donors (Lipinski definition) is 2. The summed E-state index contributed by atoms with van der Waals surface area (Å²) in [5.41, 5.74) is 0. The van der Waals surface area contributed by atoms with Crippen molar-refractivity contribution in [3.63, 3.8) is 0 Å². The molecule has 1 amide bonds. The molecule has 4 nitrogen and oxygen atoms in total. The maximum atomic E-state index is 12.7. The molecule has 8 atom stereocenters. The molecule has 0 aromatic rings. The summed E-state index contributed by atoms with van der Waals surface area (Å²) in [6, 6.07) is 0.205. The molecule has 2 N–H and O–H groups in total. The number of nitrogens with one attached hydrogen (secondary N) is 1. The van der Waals surface area contributed by atoms with Crippen molar-refractivity contribution in [2.45, 2.75) is 57.9 Å². The standard InChI is InChI=1S/C18H27NO3/c1-9(14-7-10-2-3-11(14)6-10)19-17(20)15-12-4-5-13(8-12)16(15)18(21)22/h9-16H,2-8H2,1H3,(H,19,20)(H,21,22)/t9-,10+,11+,12+,13-,14-,15-,16-/m0/s1. The number of carboxylic acid groups (broad SMARTS) is 1. The van der Waals surface area contributed by atoms with Crippen LogP contribution in [0.1, 0.15) is 51.9 Å². The van der Waals surface area contributed by atoms with Crippen LogP contribution in [0.15, 0.2) is 0 Å². The van der Waals surface area contributed by atoms with Gasteiger partial charge in [0.2, 0.25) is 5.91 Å². The van der Waals surface area contributed by atoms with E-state index in [1.807, 2.05) is 0 Å². The van der Waals surface area contributed by atoms with Crippen molar-refractivity contribution in [3.05, 3.63) is 0 Å². The Morgan fingerprint density at radius 3 is 2.23 bits per heavy atom. The van der Waals surface area contributed by atoms with Gasteiger partial charge in [0, 0.05) is 6.04 Å². The topological polar surface area (TPSA) is 66.4 Å². The first-order valence-corrected chi connectivity index (χ1v) is 9.07. The summed E-state index contributed by atoms with van der Waals surface area (Å²) in [6.07, 6.45) is 8.26. The normalized spacial score (nSPS) is 46.9. The van der Waals surface area contributed by atoms with E-state index in [1.165, 1.54) is 25.7 Å². The molecule has 0 spiro atoms. The Balaban J connectivity index is 1.42. The first-order valence-electron chi connectivity index (χ1n) is 9.07. The fourth-order valence-electron chi connectivity index (χ4n) is 6.36. The number of rotatable bonds is 4. The van der Waals surface area contributed by atoms with Gasteiger partial charge in [0.15, 0.2) is 0 Å². The van der Waals surface area contributed by atoms with Crippen LogP contribution in [-0.2, 0) is 9.59 Å². The Bertz CT molecular complexity index is 491. The van der Waals surface area contributed by atoms with Crippen molar-refractivity contribution in [2.75, 3.05) is 0 Å². The number of fused-ring (bicyclic) bond motifs is 4. The molecule has 0 unspecified atom stereocenters. The van der Waals surface area contributed by atoms with Gasteiger partial charge in [-0.05, 0) is 75.0 Å². The van der Waals surface area contributed by atoms with Gasteiger partial charge < -0.3 is 10.4 Å². The Labute approximate surface area is 132 Å². The minimum Gasteiger partial charge on any atom is -0.481 e. The summed E-state index contributed by atoms with van der Waals surface area (Å²) in [5.74, 6) is 1.36. The van der Waals surface area contributed by atoms with Crippen molar-refractivity contribution in [2.24, 2.45) is 41.4 Å². The van der Waals surface area contributed by atoms with Crippen LogP contribution in [0.5, 0.6) is 0 Å². The Hall–Kier alpha value is -1.06. The van der Waals surface area contributed by atoms with Gasteiger partial charge in [0.25, 0.3) is 0 Å². The van der Waals surface area contributed by atoms with E-state index < -0.39 is 11.9 Å². The van der Waals surface area contributed by atoms with Gasteiger partial charge >= 0.3 is 5.97 Å². The molecule has 4 heteroatoms. The number of carboxylic acids is 1. The molecule has 4 fully saturated rings. The molecule has 4 aliphatic carbocycles. The van der Waals surface area contributed by atoms with E-state index in [0.717, 1.165) is 31.1 Å². The van der Waals surface area contributed by atoms with E-state index in [-0.39, 0.29) is 23.8 Å². The molecule has 0 aromatic heterocycles. The number of carbonyl (C=O) groups is 2. The number of carbonyl (C=O) groups excluding carboxylic acids is 1. The van der Waals surface area contributed by atoms with Gasteiger partial charge in [0.05, 0.1) is 11.8 Å². The van der Waals surface area contributed by atoms with Gasteiger partial charge in [-0.25, -0.2) is 0 Å². The van der Waals surface area contributed by atoms with Crippen LogP contribution in [-0.4, -0.2) is 23.0 Å². The highest BCUT2D eigenvalue weighted by atomic mass is 16.4. The smallest absolute Gasteiger partial charge is 0.307 e. The molecule has 4 aliphatic rings. The van der Waals surface area contributed by atoms with Crippen LogP contribution in [0.2, 0.25) is 0 Å². The monoisotopic (exact) mass is 305 g/mol. The van der Waals surface area contributed by atoms with Crippen molar-refractivity contribution in [1.29, 1.82) is 0 Å². The second kappa shape index (κ2) is 5.24. The highest BCUT2D eigenvalue weighted by molar-refractivity contribution is 5.86. The van der Waals surface area contributed by atoms with E-state index in [4.69, 9.17) is 0 Å². The molecule has 4 saturated carbocycles. The van der Waals surface area contributed by atoms with Gasteiger partial charge in [-0.3, -0.25) is 9.59 Å². The van der Waals surface area contributed by atoms with Crippen molar-refractivity contribution >= 4 is 11.9 Å². The number of amides is 1. The van der Waals surface area contributed by atoms with Crippen LogP contribution in [0.4, 0.5) is 0 Å². The molecule has 0 saturated heterocycles. The van der Waals surface area contributed by atoms with Gasteiger partial charge in [-0.2, -0.15) is 0 Å². The molecular weight excluding hydrogens is 278 g/mol. The highest BCUT2D eigenvalue weighted by Gasteiger charge is 2.54. The summed E-state index contributed by atoms with van der Waals surface area (Å²) in [6.45, 7) is 2.13. The fraction of sp³-hybridized carbons (Fsp3) is 0.889. The maximum Gasteiger partial charge on any atom is 0.307 e. The summed E-state index contributed by atoms with van der Waals surface area (Å²) < 4.78 is 0. The molecule has 122 valence electrons. The molecule has 0 radical (unpaired) electrons. The molecule has 0 aliphatic heterocycles. The van der Waals surface area contributed by atoms with Crippen LogP contribution in [0.25, 0.3) is 0 Å². The zero-order valence-corrected chi connectivity index (χ0v) is 13.3. The van der Waals surface area contributed by atoms with Gasteiger partial charge in [-0.1, -0.05) is 6.42 Å². The Morgan fingerprint density at radius 2 is 1.64 bits per heavy atom. The fourth-order valence-corrected chi connectivity index (χ4v) is 6.36. The zero-order valence-electron chi connectivity index (χ0n) is 13.3.